The van der Waals surface area contributed by atoms with Gasteiger partial charge in [-0.3, -0.25) is 9.69 Å². The molecule has 1 saturated heterocycles. The molecule has 1 atom stereocenters. The molecule has 1 aromatic carbocycles. The maximum absolute atomic E-state index is 12.2. The first kappa shape index (κ1) is 15.2. The van der Waals surface area contributed by atoms with E-state index in [9.17, 15) is 4.79 Å². The van der Waals surface area contributed by atoms with Crippen molar-refractivity contribution in [1.29, 1.82) is 0 Å². The molecule has 1 unspecified atom stereocenters. The lowest BCUT2D eigenvalue weighted by atomic mass is 10.1. The number of Topliss-reactive ketones (excluding diaryl/α,β-unsaturated/α-hetero) is 1. The average Bonchev–Trinajstić information content (AvgIpc) is 2.57. The maximum atomic E-state index is 12.2. The second-order valence-corrected chi connectivity index (χ2v) is 6.04. The van der Waals surface area contributed by atoms with Gasteiger partial charge in [-0.25, -0.2) is 0 Å². The van der Waals surface area contributed by atoms with E-state index in [1.165, 1.54) is 12.0 Å². The van der Waals surface area contributed by atoms with Crippen molar-refractivity contribution in [2.45, 2.75) is 32.7 Å². The van der Waals surface area contributed by atoms with Crippen LogP contribution in [0.1, 0.15) is 35.7 Å². The van der Waals surface area contributed by atoms with Crippen molar-refractivity contribution >= 4 is 5.78 Å². The van der Waals surface area contributed by atoms with Crippen molar-refractivity contribution in [3.05, 3.63) is 35.4 Å². The Morgan fingerprint density at radius 2 is 1.95 bits per heavy atom. The van der Waals surface area contributed by atoms with E-state index in [0.29, 0.717) is 12.5 Å². The van der Waals surface area contributed by atoms with Crippen molar-refractivity contribution in [2.75, 3.05) is 33.2 Å². The molecule has 0 saturated carbocycles. The number of hydrogen-bond donors (Lipinski definition) is 0. The molecule has 20 heavy (non-hydrogen) atoms. The molecule has 0 radical (unpaired) electrons. The third-order valence-corrected chi connectivity index (χ3v) is 4.18. The van der Waals surface area contributed by atoms with Crippen LogP contribution in [0.4, 0.5) is 0 Å². The molecule has 0 aromatic heterocycles. The Morgan fingerprint density at radius 3 is 2.65 bits per heavy atom. The smallest absolute Gasteiger partial charge is 0.164 e. The molecule has 0 aliphatic carbocycles. The Labute approximate surface area is 122 Å². The largest absolute Gasteiger partial charge is 0.305 e. The fraction of sp³-hybridized carbons (Fsp3) is 0.588. The highest BCUT2D eigenvalue weighted by molar-refractivity contribution is 5.96. The second-order valence-electron chi connectivity index (χ2n) is 6.04. The number of hydrogen-bond acceptors (Lipinski definition) is 3. The van der Waals surface area contributed by atoms with Gasteiger partial charge >= 0.3 is 0 Å². The van der Waals surface area contributed by atoms with Crippen LogP contribution in [-0.4, -0.2) is 54.9 Å². The van der Waals surface area contributed by atoms with E-state index in [2.05, 4.69) is 23.8 Å². The summed E-state index contributed by atoms with van der Waals surface area (Å²) in [4.78, 5) is 17.1. The Kier molecular flexibility index (Phi) is 5.32. The van der Waals surface area contributed by atoms with E-state index >= 15 is 0 Å². The quantitative estimate of drug-likeness (QED) is 0.789. The van der Waals surface area contributed by atoms with Gasteiger partial charge in [0, 0.05) is 31.1 Å². The molecule has 0 spiro atoms. The number of rotatable bonds is 4. The molecule has 0 bridgehead atoms. The van der Waals surface area contributed by atoms with Crippen molar-refractivity contribution in [2.24, 2.45) is 0 Å². The highest BCUT2D eigenvalue weighted by Crippen LogP contribution is 2.11. The van der Waals surface area contributed by atoms with Gasteiger partial charge in [-0.05, 0) is 40.4 Å². The van der Waals surface area contributed by atoms with Crippen LogP contribution in [0.2, 0.25) is 0 Å². The lowest BCUT2D eigenvalue weighted by Gasteiger charge is -2.27. The van der Waals surface area contributed by atoms with Gasteiger partial charge in [0.2, 0.25) is 0 Å². The molecule has 1 aliphatic heterocycles. The molecule has 0 amide bonds. The van der Waals surface area contributed by atoms with Crippen molar-refractivity contribution in [3.63, 3.8) is 0 Å². The van der Waals surface area contributed by atoms with Crippen LogP contribution in [0.15, 0.2) is 24.3 Å². The summed E-state index contributed by atoms with van der Waals surface area (Å²) in [6.45, 7) is 8.54. The molecule has 110 valence electrons. The zero-order chi connectivity index (χ0) is 14.5. The standard InChI is InChI=1S/C17H26N2O/c1-14-5-7-16(8-6-14)17(20)9-12-19-11-4-10-18(3)13-15(19)2/h5-8,15H,4,9-13H2,1-3H3. The Balaban J connectivity index is 1.87. The summed E-state index contributed by atoms with van der Waals surface area (Å²) in [5.41, 5.74) is 2.04. The van der Waals surface area contributed by atoms with E-state index in [-0.39, 0.29) is 5.78 Å². The van der Waals surface area contributed by atoms with Crippen molar-refractivity contribution in [1.82, 2.24) is 9.80 Å². The number of carbonyl (C=O) groups is 1. The number of likely N-dealkylation sites (N-methyl/N-ethyl adjacent to an activating group) is 1. The fourth-order valence-corrected chi connectivity index (χ4v) is 2.88. The number of aryl methyl sites for hydroxylation is 1. The van der Waals surface area contributed by atoms with Gasteiger partial charge in [0.1, 0.15) is 0 Å². The summed E-state index contributed by atoms with van der Waals surface area (Å²) in [7, 11) is 2.18. The molecule has 1 aromatic rings. The molecule has 3 nitrogen and oxygen atoms in total. The number of benzene rings is 1. The topological polar surface area (TPSA) is 23.6 Å². The van der Waals surface area contributed by atoms with Gasteiger partial charge in [0.25, 0.3) is 0 Å². The van der Waals surface area contributed by atoms with E-state index in [4.69, 9.17) is 0 Å². The van der Waals surface area contributed by atoms with Crippen LogP contribution in [0.3, 0.4) is 0 Å². The van der Waals surface area contributed by atoms with Gasteiger partial charge in [-0.1, -0.05) is 29.8 Å². The fourth-order valence-electron chi connectivity index (χ4n) is 2.88. The van der Waals surface area contributed by atoms with Gasteiger partial charge < -0.3 is 4.90 Å². The molecule has 3 heteroatoms. The first-order chi connectivity index (χ1) is 9.56. The van der Waals surface area contributed by atoms with E-state index in [1.807, 2.05) is 31.2 Å². The lowest BCUT2D eigenvalue weighted by Crippen LogP contribution is -2.39. The monoisotopic (exact) mass is 274 g/mol. The Morgan fingerprint density at radius 1 is 1.25 bits per heavy atom. The summed E-state index contributed by atoms with van der Waals surface area (Å²) in [5.74, 6) is 0.259. The van der Waals surface area contributed by atoms with E-state index < -0.39 is 0 Å². The summed E-state index contributed by atoms with van der Waals surface area (Å²) in [5, 5.41) is 0. The number of carbonyl (C=O) groups excluding carboxylic acids is 1. The predicted octanol–water partition coefficient (Wildman–Crippen LogP) is 2.59. The van der Waals surface area contributed by atoms with Gasteiger partial charge in [0.05, 0.1) is 0 Å². The molecule has 1 fully saturated rings. The van der Waals surface area contributed by atoms with E-state index in [0.717, 1.165) is 31.7 Å². The highest BCUT2D eigenvalue weighted by atomic mass is 16.1. The van der Waals surface area contributed by atoms with Gasteiger partial charge in [-0.15, -0.1) is 0 Å². The molecule has 1 aliphatic rings. The average molecular weight is 274 g/mol. The van der Waals surface area contributed by atoms with Crippen molar-refractivity contribution < 1.29 is 4.79 Å². The molecular formula is C17H26N2O. The maximum Gasteiger partial charge on any atom is 0.164 e. The van der Waals surface area contributed by atoms with Crippen LogP contribution < -0.4 is 0 Å². The molecule has 0 N–H and O–H groups in total. The minimum atomic E-state index is 0.259. The van der Waals surface area contributed by atoms with Crippen LogP contribution >= 0.6 is 0 Å². The summed E-state index contributed by atoms with van der Waals surface area (Å²) in [6.07, 6.45) is 1.82. The summed E-state index contributed by atoms with van der Waals surface area (Å²) < 4.78 is 0. The molecular weight excluding hydrogens is 248 g/mol. The Bertz CT molecular complexity index is 441. The van der Waals surface area contributed by atoms with Gasteiger partial charge in [-0.2, -0.15) is 0 Å². The Hall–Kier alpha value is -1.19. The highest BCUT2D eigenvalue weighted by Gasteiger charge is 2.20. The SMILES string of the molecule is Cc1ccc(C(=O)CCN2CCCN(C)CC2C)cc1. The van der Waals surface area contributed by atoms with Crippen LogP contribution in [0, 0.1) is 6.92 Å². The van der Waals surface area contributed by atoms with Crippen LogP contribution in [0.5, 0.6) is 0 Å². The minimum absolute atomic E-state index is 0.259. The van der Waals surface area contributed by atoms with Gasteiger partial charge in [0.15, 0.2) is 5.78 Å². The normalized spacial score (nSPS) is 21.6. The molecule has 2 rings (SSSR count). The number of ketones is 1. The molecule has 1 heterocycles. The third-order valence-electron chi connectivity index (χ3n) is 4.18. The van der Waals surface area contributed by atoms with Crippen LogP contribution in [-0.2, 0) is 0 Å². The predicted molar refractivity (Wildman–Crippen MR) is 83.3 cm³/mol. The third kappa shape index (κ3) is 4.15. The first-order valence-corrected chi connectivity index (χ1v) is 7.58. The first-order valence-electron chi connectivity index (χ1n) is 7.58. The summed E-state index contributed by atoms with van der Waals surface area (Å²) in [6, 6.07) is 8.44. The zero-order valence-corrected chi connectivity index (χ0v) is 12.9. The summed E-state index contributed by atoms with van der Waals surface area (Å²) >= 11 is 0. The zero-order valence-electron chi connectivity index (χ0n) is 12.9. The number of nitrogens with zero attached hydrogens (tertiary/aromatic N) is 2. The lowest BCUT2D eigenvalue weighted by molar-refractivity contribution is 0.0953. The minimum Gasteiger partial charge on any atom is -0.305 e. The second kappa shape index (κ2) is 7.00. The van der Waals surface area contributed by atoms with Crippen molar-refractivity contribution in [3.8, 4) is 0 Å². The van der Waals surface area contributed by atoms with Crippen LogP contribution in [0.25, 0.3) is 0 Å². The van der Waals surface area contributed by atoms with E-state index in [1.54, 1.807) is 0 Å².